The van der Waals surface area contributed by atoms with Crippen LogP contribution in [-0.2, 0) is 0 Å². The molecular formula is C17H16O2. The van der Waals surface area contributed by atoms with Crippen LogP contribution < -0.4 is 4.74 Å². The molecule has 0 fully saturated rings. The first-order valence-electron chi connectivity index (χ1n) is 6.13. The van der Waals surface area contributed by atoms with Gasteiger partial charge >= 0.3 is 0 Å². The van der Waals surface area contributed by atoms with Gasteiger partial charge in [-0.25, -0.2) is 0 Å². The summed E-state index contributed by atoms with van der Waals surface area (Å²) < 4.78 is 5.07. The molecule has 0 aliphatic heterocycles. The van der Waals surface area contributed by atoms with Crippen molar-refractivity contribution in [3.8, 4) is 5.75 Å². The third-order valence-electron chi connectivity index (χ3n) is 2.95. The van der Waals surface area contributed by atoms with Crippen molar-refractivity contribution in [3.63, 3.8) is 0 Å². The van der Waals surface area contributed by atoms with Gasteiger partial charge in [0.1, 0.15) is 5.75 Å². The third kappa shape index (κ3) is 3.32. The minimum atomic E-state index is 0.00371. The third-order valence-corrected chi connectivity index (χ3v) is 2.95. The summed E-state index contributed by atoms with van der Waals surface area (Å²) >= 11 is 0. The minimum Gasteiger partial charge on any atom is -0.497 e. The van der Waals surface area contributed by atoms with E-state index < -0.39 is 0 Å². The Hall–Kier alpha value is -2.35. The lowest BCUT2D eigenvalue weighted by atomic mass is 10.0. The fourth-order valence-corrected chi connectivity index (χ4v) is 1.82. The lowest BCUT2D eigenvalue weighted by Crippen LogP contribution is -1.95. The van der Waals surface area contributed by atoms with E-state index in [2.05, 4.69) is 0 Å². The number of benzene rings is 2. The second kappa shape index (κ2) is 6.01. The SMILES string of the molecule is COc1ccc(C(=O)/C=C(\C)c2ccccc2)cc1. The number of allylic oxidation sites excluding steroid dienone is 2. The van der Waals surface area contributed by atoms with Crippen molar-refractivity contribution in [1.82, 2.24) is 0 Å². The number of methoxy groups -OCH3 is 1. The molecule has 0 spiro atoms. The number of ketones is 1. The Morgan fingerprint density at radius 3 is 2.16 bits per heavy atom. The molecule has 2 aromatic rings. The van der Waals surface area contributed by atoms with Gasteiger partial charge in [-0.05, 0) is 48.4 Å². The van der Waals surface area contributed by atoms with E-state index in [4.69, 9.17) is 4.74 Å². The van der Waals surface area contributed by atoms with Gasteiger partial charge in [0.05, 0.1) is 7.11 Å². The van der Waals surface area contributed by atoms with E-state index in [9.17, 15) is 4.79 Å². The average molecular weight is 252 g/mol. The molecule has 0 aliphatic carbocycles. The van der Waals surface area contributed by atoms with Crippen molar-refractivity contribution in [3.05, 3.63) is 71.8 Å². The van der Waals surface area contributed by atoms with Crippen LogP contribution in [0.3, 0.4) is 0 Å². The summed E-state index contributed by atoms with van der Waals surface area (Å²) in [5.74, 6) is 0.754. The topological polar surface area (TPSA) is 26.3 Å². The molecule has 0 aromatic heterocycles. The predicted molar refractivity (Wildman–Crippen MR) is 77.4 cm³/mol. The Kier molecular flexibility index (Phi) is 4.14. The lowest BCUT2D eigenvalue weighted by molar-refractivity contribution is 0.104. The maximum absolute atomic E-state index is 12.1. The highest BCUT2D eigenvalue weighted by atomic mass is 16.5. The highest BCUT2D eigenvalue weighted by Gasteiger charge is 2.04. The molecule has 0 amide bonds. The van der Waals surface area contributed by atoms with Crippen LogP contribution in [0.5, 0.6) is 5.75 Å². The van der Waals surface area contributed by atoms with Crippen molar-refractivity contribution in [1.29, 1.82) is 0 Å². The second-order valence-electron chi connectivity index (χ2n) is 4.29. The highest BCUT2D eigenvalue weighted by molar-refractivity contribution is 6.08. The summed E-state index contributed by atoms with van der Waals surface area (Å²) in [7, 11) is 1.61. The molecule has 0 heterocycles. The van der Waals surface area contributed by atoms with Gasteiger partial charge in [0.15, 0.2) is 5.78 Å². The number of rotatable bonds is 4. The fourth-order valence-electron chi connectivity index (χ4n) is 1.82. The van der Waals surface area contributed by atoms with Gasteiger partial charge in [0.25, 0.3) is 0 Å². The maximum atomic E-state index is 12.1. The number of ether oxygens (including phenoxy) is 1. The maximum Gasteiger partial charge on any atom is 0.186 e. The largest absolute Gasteiger partial charge is 0.497 e. The molecule has 2 rings (SSSR count). The molecule has 0 N–H and O–H groups in total. The Morgan fingerprint density at radius 2 is 1.58 bits per heavy atom. The number of carbonyl (C=O) groups is 1. The molecule has 0 unspecified atom stereocenters. The van der Waals surface area contributed by atoms with Crippen molar-refractivity contribution in [2.24, 2.45) is 0 Å². The average Bonchev–Trinajstić information content (AvgIpc) is 2.48. The van der Waals surface area contributed by atoms with Gasteiger partial charge in [-0.15, -0.1) is 0 Å². The predicted octanol–water partition coefficient (Wildman–Crippen LogP) is 3.98. The molecule has 0 bridgehead atoms. The molecule has 0 saturated heterocycles. The van der Waals surface area contributed by atoms with Crippen LogP contribution in [0.4, 0.5) is 0 Å². The van der Waals surface area contributed by atoms with Gasteiger partial charge in [-0.2, -0.15) is 0 Å². The molecule has 0 atom stereocenters. The van der Waals surface area contributed by atoms with E-state index in [-0.39, 0.29) is 5.78 Å². The molecule has 0 saturated carbocycles. The van der Waals surface area contributed by atoms with Crippen LogP contribution >= 0.6 is 0 Å². The summed E-state index contributed by atoms with van der Waals surface area (Å²) in [6.45, 7) is 1.94. The van der Waals surface area contributed by atoms with Crippen molar-refractivity contribution in [2.45, 2.75) is 6.92 Å². The van der Waals surface area contributed by atoms with Crippen LogP contribution in [0, 0.1) is 0 Å². The molecular weight excluding hydrogens is 236 g/mol. The van der Waals surface area contributed by atoms with E-state index >= 15 is 0 Å². The van der Waals surface area contributed by atoms with Crippen LogP contribution in [0.1, 0.15) is 22.8 Å². The van der Waals surface area contributed by atoms with Crippen LogP contribution in [0.15, 0.2) is 60.7 Å². The van der Waals surface area contributed by atoms with Gasteiger partial charge < -0.3 is 4.74 Å². The normalized spacial score (nSPS) is 11.2. The zero-order valence-corrected chi connectivity index (χ0v) is 11.1. The Morgan fingerprint density at radius 1 is 0.947 bits per heavy atom. The standard InChI is InChI=1S/C17H16O2/c1-13(14-6-4-3-5-7-14)12-17(18)15-8-10-16(19-2)11-9-15/h3-12H,1-2H3/b13-12+. The van der Waals surface area contributed by atoms with E-state index in [1.165, 1.54) is 0 Å². The molecule has 0 radical (unpaired) electrons. The highest BCUT2D eigenvalue weighted by Crippen LogP contribution is 2.16. The number of carbonyl (C=O) groups excluding carboxylic acids is 1. The summed E-state index contributed by atoms with van der Waals surface area (Å²) in [5.41, 5.74) is 2.68. The fraction of sp³-hybridized carbons (Fsp3) is 0.118. The minimum absolute atomic E-state index is 0.00371. The number of hydrogen-bond donors (Lipinski definition) is 0. The summed E-state index contributed by atoms with van der Waals surface area (Å²) in [6.07, 6.45) is 1.66. The van der Waals surface area contributed by atoms with E-state index in [1.54, 1.807) is 37.5 Å². The molecule has 2 nitrogen and oxygen atoms in total. The quantitative estimate of drug-likeness (QED) is 0.607. The van der Waals surface area contributed by atoms with Gasteiger partial charge in [-0.3, -0.25) is 4.79 Å². The second-order valence-corrected chi connectivity index (χ2v) is 4.29. The van der Waals surface area contributed by atoms with Crippen LogP contribution in [0.2, 0.25) is 0 Å². The monoisotopic (exact) mass is 252 g/mol. The lowest BCUT2D eigenvalue weighted by Gasteiger charge is -2.02. The summed E-state index contributed by atoms with van der Waals surface area (Å²) in [4.78, 5) is 12.1. The Bertz CT molecular complexity index is 580. The first kappa shape index (κ1) is 13.1. The Balaban J connectivity index is 2.20. The van der Waals surface area contributed by atoms with Crippen molar-refractivity contribution < 1.29 is 9.53 Å². The van der Waals surface area contributed by atoms with Crippen molar-refractivity contribution in [2.75, 3.05) is 7.11 Å². The first-order valence-corrected chi connectivity index (χ1v) is 6.13. The zero-order valence-electron chi connectivity index (χ0n) is 11.1. The molecule has 96 valence electrons. The Labute approximate surface area is 113 Å². The van der Waals surface area contributed by atoms with Crippen LogP contribution in [-0.4, -0.2) is 12.9 Å². The first-order chi connectivity index (χ1) is 9.20. The van der Waals surface area contributed by atoms with Gasteiger partial charge in [0, 0.05) is 5.56 Å². The van der Waals surface area contributed by atoms with Gasteiger partial charge in [0.2, 0.25) is 0 Å². The van der Waals surface area contributed by atoms with Crippen molar-refractivity contribution >= 4 is 11.4 Å². The zero-order chi connectivity index (χ0) is 13.7. The van der Waals surface area contributed by atoms with Gasteiger partial charge in [-0.1, -0.05) is 30.3 Å². The smallest absolute Gasteiger partial charge is 0.186 e. The molecule has 19 heavy (non-hydrogen) atoms. The van der Waals surface area contributed by atoms with E-state index in [0.717, 1.165) is 16.9 Å². The molecule has 2 aromatic carbocycles. The summed E-state index contributed by atoms with van der Waals surface area (Å²) in [6, 6.07) is 17.0. The van der Waals surface area contributed by atoms with Crippen LogP contribution in [0.25, 0.3) is 5.57 Å². The molecule has 0 aliphatic rings. The van der Waals surface area contributed by atoms with E-state index in [1.807, 2.05) is 37.3 Å². The number of hydrogen-bond acceptors (Lipinski definition) is 2. The molecule has 2 heteroatoms. The van der Waals surface area contributed by atoms with E-state index in [0.29, 0.717) is 5.56 Å². The summed E-state index contributed by atoms with van der Waals surface area (Å²) in [5, 5.41) is 0.